The second kappa shape index (κ2) is 10.1. The molecular weight excluding hydrogens is 455 g/mol. The van der Waals surface area contributed by atoms with Crippen molar-refractivity contribution < 1.29 is 9.50 Å². The van der Waals surface area contributed by atoms with Crippen LogP contribution in [0.15, 0.2) is 24.4 Å². The van der Waals surface area contributed by atoms with Crippen molar-refractivity contribution in [3.05, 3.63) is 35.0 Å². The van der Waals surface area contributed by atoms with Gasteiger partial charge < -0.3 is 24.7 Å². The summed E-state index contributed by atoms with van der Waals surface area (Å²) in [6, 6.07) is 6.65. The smallest absolute Gasteiger partial charge is 0.147 e. The Morgan fingerprint density at radius 1 is 0.941 bits per heavy atom. The Bertz CT molecular complexity index is 993. The van der Waals surface area contributed by atoms with Crippen LogP contribution in [-0.4, -0.2) is 73.1 Å². The summed E-state index contributed by atoms with van der Waals surface area (Å²) in [7, 11) is 0. The lowest BCUT2D eigenvalue weighted by Crippen LogP contribution is -2.47. The molecule has 3 aliphatic rings. The molecule has 184 valence electrons. The highest BCUT2D eigenvalue weighted by Crippen LogP contribution is 2.33. The van der Waals surface area contributed by atoms with Gasteiger partial charge in [-0.2, -0.15) is 0 Å². The molecule has 9 heteroatoms. The average molecular weight is 489 g/mol. The van der Waals surface area contributed by atoms with Crippen LogP contribution >= 0.6 is 11.6 Å². The van der Waals surface area contributed by atoms with Crippen LogP contribution < -0.4 is 19.6 Å². The fourth-order valence-corrected chi connectivity index (χ4v) is 5.60. The lowest BCUT2D eigenvalue weighted by atomic mass is 10.1. The molecule has 7 nitrogen and oxygen atoms in total. The molecular formula is C25H34ClFN6O. The Morgan fingerprint density at radius 3 is 2.29 bits per heavy atom. The standard InChI is InChI=1S/C25H34ClFN6O/c1-18-3-2-6-33(18)24-15-21(30-7-4-20(27)5-8-30)14-23(29-24)31-9-11-32(12-10-31)25-22(26)13-19(17-34)16-28-25/h13-16,18,20,34H,2-12,17H2,1H3. The van der Waals surface area contributed by atoms with Crippen molar-refractivity contribution in [2.75, 3.05) is 65.4 Å². The molecule has 1 unspecified atom stereocenters. The normalized spacial score (nSPS) is 22.1. The van der Waals surface area contributed by atoms with Gasteiger partial charge in [-0.05, 0) is 44.2 Å². The Kier molecular flexibility index (Phi) is 6.97. The van der Waals surface area contributed by atoms with E-state index in [1.54, 1.807) is 12.3 Å². The van der Waals surface area contributed by atoms with Crippen molar-refractivity contribution in [1.29, 1.82) is 0 Å². The number of aliphatic hydroxyl groups is 1. The third kappa shape index (κ3) is 4.89. The third-order valence-corrected chi connectivity index (χ3v) is 7.66. The highest BCUT2D eigenvalue weighted by atomic mass is 35.5. The largest absolute Gasteiger partial charge is 0.392 e. The molecule has 0 amide bonds. The molecule has 5 rings (SSSR count). The molecule has 1 atom stereocenters. The molecule has 0 aliphatic carbocycles. The predicted molar refractivity (Wildman–Crippen MR) is 136 cm³/mol. The zero-order valence-electron chi connectivity index (χ0n) is 19.8. The molecule has 2 aromatic rings. The summed E-state index contributed by atoms with van der Waals surface area (Å²) in [6.45, 7) is 7.96. The van der Waals surface area contributed by atoms with Gasteiger partial charge in [0.15, 0.2) is 0 Å². The molecule has 34 heavy (non-hydrogen) atoms. The third-order valence-electron chi connectivity index (χ3n) is 7.38. The van der Waals surface area contributed by atoms with E-state index in [-0.39, 0.29) is 6.61 Å². The van der Waals surface area contributed by atoms with E-state index in [0.29, 0.717) is 29.5 Å². The number of pyridine rings is 2. The maximum Gasteiger partial charge on any atom is 0.147 e. The number of piperidine rings is 1. The van der Waals surface area contributed by atoms with Crippen LogP contribution in [0.1, 0.15) is 38.2 Å². The molecule has 0 radical (unpaired) electrons. The van der Waals surface area contributed by atoms with Crippen LogP contribution in [0.25, 0.3) is 0 Å². The van der Waals surface area contributed by atoms with E-state index in [2.05, 4.69) is 43.6 Å². The van der Waals surface area contributed by atoms with Crippen molar-refractivity contribution in [1.82, 2.24) is 9.97 Å². The molecule has 0 spiro atoms. The molecule has 3 fully saturated rings. The zero-order chi connectivity index (χ0) is 23.7. The highest BCUT2D eigenvalue weighted by molar-refractivity contribution is 6.33. The van der Waals surface area contributed by atoms with Crippen molar-refractivity contribution in [3.8, 4) is 0 Å². The first-order valence-corrected chi connectivity index (χ1v) is 12.8. The van der Waals surface area contributed by atoms with E-state index in [1.165, 1.54) is 12.8 Å². The number of alkyl halides is 1. The quantitative estimate of drug-likeness (QED) is 0.685. The average Bonchev–Trinajstić information content (AvgIpc) is 3.30. The number of aromatic nitrogens is 2. The number of nitrogens with zero attached hydrogens (tertiary/aromatic N) is 6. The van der Waals surface area contributed by atoms with Crippen LogP contribution in [0, 0.1) is 0 Å². The molecule has 2 aromatic heterocycles. The Balaban J connectivity index is 1.36. The van der Waals surface area contributed by atoms with Gasteiger partial charge in [0.05, 0.1) is 11.6 Å². The topological polar surface area (TPSA) is 59.0 Å². The SMILES string of the molecule is CC1CCCN1c1cc(N2CCC(F)CC2)cc(N2CCN(c3ncc(CO)cc3Cl)CC2)n1. The fourth-order valence-electron chi connectivity index (χ4n) is 5.30. The van der Waals surface area contributed by atoms with E-state index in [0.717, 1.165) is 69.0 Å². The fraction of sp³-hybridized carbons (Fsp3) is 0.600. The molecule has 3 saturated heterocycles. The number of aliphatic hydroxyl groups excluding tert-OH is 1. The van der Waals surface area contributed by atoms with Crippen LogP contribution in [0.4, 0.5) is 27.5 Å². The molecule has 0 aromatic carbocycles. The van der Waals surface area contributed by atoms with Gasteiger partial charge in [-0.15, -0.1) is 0 Å². The molecule has 3 aliphatic heterocycles. The summed E-state index contributed by atoms with van der Waals surface area (Å²) in [5.41, 5.74) is 1.87. The maximum absolute atomic E-state index is 13.8. The second-order valence-electron chi connectivity index (χ2n) is 9.67. The molecule has 1 N–H and O–H groups in total. The van der Waals surface area contributed by atoms with E-state index >= 15 is 0 Å². The second-order valence-corrected chi connectivity index (χ2v) is 10.1. The van der Waals surface area contributed by atoms with E-state index in [1.807, 2.05) is 0 Å². The number of hydrogen-bond acceptors (Lipinski definition) is 7. The van der Waals surface area contributed by atoms with Gasteiger partial charge in [0.2, 0.25) is 0 Å². The summed E-state index contributed by atoms with van der Waals surface area (Å²) < 4.78 is 13.8. The van der Waals surface area contributed by atoms with Gasteiger partial charge in [-0.1, -0.05) is 11.6 Å². The van der Waals surface area contributed by atoms with Crippen molar-refractivity contribution in [2.24, 2.45) is 0 Å². The lowest BCUT2D eigenvalue weighted by molar-refractivity contribution is 0.277. The predicted octanol–water partition coefficient (Wildman–Crippen LogP) is 3.88. The van der Waals surface area contributed by atoms with Crippen molar-refractivity contribution in [2.45, 2.75) is 51.4 Å². The van der Waals surface area contributed by atoms with Gasteiger partial charge in [0, 0.05) is 75.9 Å². The number of hydrogen-bond donors (Lipinski definition) is 1. The van der Waals surface area contributed by atoms with Crippen molar-refractivity contribution >= 4 is 34.7 Å². The van der Waals surface area contributed by atoms with Crippen molar-refractivity contribution in [3.63, 3.8) is 0 Å². The summed E-state index contributed by atoms with van der Waals surface area (Å²) >= 11 is 6.44. The maximum atomic E-state index is 13.8. The Hall–Kier alpha value is -2.32. The van der Waals surface area contributed by atoms with Crippen LogP contribution in [0.3, 0.4) is 0 Å². The number of anilines is 4. The van der Waals surface area contributed by atoms with E-state index in [9.17, 15) is 9.50 Å². The summed E-state index contributed by atoms with van der Waals surface area (Å²) in [4.78, 5) is 18.8. The van der Waals surface area contributed by atoms with Crippen LogP contribution in [-0.2, 0) is 6.61 Å². The Labute approximate surface area is 206 Å². The first-order valence-electron chi connectivity index (χ1n) is 12.4. The number of piperazine rings is 1. The Morgan fingerprint density at radius 2 is 1.65 bits per heavy atom. The van der Waals surface area contributed by atoms with Gasteiger partial charge >= 0.3 is 0 Å². The van der Waals surface area contributed by atoms with E-state index < -0.39 is 6.17 Å². The molecule has 0 saturated carbocycles. The first-order chi connectivity index (χ1) is 16.5. The van der Waals surface area contributed by atoms with E-state index in [4.69, 9.17) is 16.6 Å². The molecule has 5 heterocycles. The number of rotatable bonds is 5. The monoisotopic (exact) mass is 488 g/mol. The minimum absolute atomic E-state index is 0.0657. The van der Waals surface area contributed by atoms with Crippen LogP contribution in [0.5, 0.6) is 0 Å². The number of halogens is 2. The summed E-state index contributed by atoms with van der Waals surface area (Å²) in [6.07, 6.45) is 4.56. The highest BCUT2D eigenvalue weighted by Gasteiger charge is 2.27. The zero-order valence-corrected chi connectivity index (χ0v) is 20.6. The summed E-state index contributed by atoms with van der Waals surface area (Å²) in [5, 5.41) is 9.89. The minimum atomic E-state index is -0.685. The van der Waals surface area contributed by atoms with Gasteiger partial charge in [-0.25, -0.2) is 14.4 Å². The summed E-state index contributed by atoms with van der Waals surface area (Å²) in [5.74, 6) is 2.79. The van der Waals surface area contributed by atoms with Crippen LogP contribution in [0.2, 0.25) is 5.02 Å². The molecule has 0 bridgehead atoms. The lowest BCUT2D eigenvalue weighted by Gasteiger charge is -2.38. The van der Waals surface area contributed by atoms with Gasteiger partial charge in [-0.3, -0.25) is 0 Å². The first kappa shape index (κ1) is 23.4. The van der Waals surface area contributed by atoms with Gasteiger partial charge in [0.1, 0.15) is 23.6 Å². The van der Waals surface area contributed by atoms with Gasteiger partial charge in [0.25, 0.3) is 0 Å². The minimum Gasteiger partial charge on any atom is -0.392 e.